The van der Waals surface area contributed by atoms with Crippen molar-refractivity contribution in [2.24, 2.45) is 5.92 Å². The number of likely N-dealkylation sites (tertiary alicyclic amines) is 1. The van der Waals surface area contributed by atoms with Crippen LogP contribution in [0.25, 0.3) is 0 Å². The number of rotatable bonds is 6. The van der Waals surface area contributed by atoms with Crippen molar-refractivity contribution in [2.75, 3.05) is 13.1 Å². The minimum Gasteiger partial charge on any atom is -0.342 e. The Labute approximate surface area is 148 Å². The van der Waals surface area contributed by atoms with E-state index in [9.17, 15) is 9.18 Å². The second-order valence-corrected chi connectivity index (χ2v) is 6.84. The number of aryl methyl sites for hydroxylation is 2. The summed E-state index contributed by atoms with van der Waals surface area (Å²) in [6.45, 7) is 1.66. The van der Waals surface area contributed by atoms with Crippen molar-refractivity contribution in [3.05, 3.63) is 65.7 Å². The molecule has 1 atom stereocenters. The molecule has 132 valence electrons. The quantitative estimate of drug-likeness (QED) is 0.795. The Hall–Kier alpha value is -2.23. The zero-order chi connectivity index (χ0) is 17.5. The molecule has 1 aromatic carbocycles. The molecule has 2 heterocycles. The predicted octanol–water partition coefficient (Wildman–Crippen LogP) is 4.02. The van der Waals surface area contributed by atoms with E-state index in [4.69, 9.17) is 0 Å². The summed E-state index contributed by atoms with van der Waals surface area (Å²) < 4.78 is 13.7. The van der Waals surface area contributed by atoms with Gasteiger partial charge in [0.25, 0.3) is 0 Å². The third-order valence-corrected chi connectivity index (χ3v) is 5.00. The van der Waals surface area contributed by atoms with Gasteiger partial charge in [0.15, 0.2) is 0 Å². The molecule has 3 nitrogen and oxygen atoms in total. The number of hydrogen-bond acceptors (Lipinski definition) is 2. The van der Waals surface area contributed by atoms with Crippen molar-refractivity contribution >= 4 is 5.91 Å². The summed E-state index contributed by atoms with van der Waals surface area (Å²) in [6.07, 6.45) is 8.69. The maximum Gasteiger partial charge on any atom is 0.222 e. The summed E-state index contributed by atoms with van der Waals surface area (Å²) in [4.78, 5) is 18.6. The number of aromatic nitrogens is 1. The zero-order valence-electron chi connectivity index (χ0n) is 14.5. The van der Waals surface area contributed by atoms with Crippen LogP contribution in [0.3, 0.4) is 0 Å². The van der Waals surface area contributed by atoms with Crippen LogP contribution in [0.1, 0.15) is 36.8 Å². The van der Waals surface area contributed by atoms with Gasteiger partial charge in [-0.15, -0.1) is 0 Å². The molecule has 0 unspecified atom stereocenters. The second-order valence-electron chi connectivity index (χ2n) is 6.84. The lowest BCUT2D eigenvalue weighted by Gasteiger charge is -2.33. The van der Waals surface area contributed by atoms with Gasteiger partial charge in [0.05, 0.1) is 0 Å². The molecule has 4 heteroatoms. The topological polar surface area (TPSA) is 33.2 Å². The fourth-order valence-electron chi connectivity index (χ4n) is 3.54. The molecule has 25 heavy (non-hydrogen) atoms. The molecule has 0 bridgehead atoms. The Morgan fingerprint density at radius 1 is 1.20 bits per heavy atom. The van der Waals surface area contributed by atoms with Crippen LogP contribution in [-0.2, 0) is 17.6 Å². The fourth-order valence-corrected chi connectivity index (χ4v) is 3.54. The molecule has 0 aliphatic carbocycles. The molecule has 0 saturated carbocycles. The molecule has 0 spiro atoms. The van der Waals surface area contributed by atoms with E-state index in [1.165, 1.54) is 6.07 Å². The van der Waals surface area contributed by atoms with E-state index in [-0.39, 0.29) is 11.7 Å². The number of benzene rings is 1. The Kier molecular flexibility index (Phi) is 6.15. The first-order chi connectivity index (χ1) is 12.2. The smallest absolute Gasteiger partial charge is 0.222 e. The van der Waals surface area contributed by atoms with Crippen LogP contribution in [0, 0.1) is 11.7 Å². The van der Waals surface area contributed by atoms with Gasteiger partial charge in [-0.2, -0.15) is 0 Å². The maximum absolute atomic E-state index is 13.7. The molecule has 1 aromatic heterocycles. The molecule has 0 radical (unpaired) electrons. The average Bonchev–Trinajstić information content (AvgIpc) is 2.66. The minimum atomic E-state index is -0.122. The number of halogens is 1. The molecular formula is C21H25FN2O. The molecule has 1 fully saturated rings. The number of piperidine rings is 1. The summed E-state index contributed by atoms with van der Waals surface area (Å²) in [5.41, 5.74) is 1.88. The van der Waals surface area contributed by atoms with Crippen LogP contribution in [0.15, 0.2) is 48.8 Å². The normalized spacial score (nSPS) is 17.5. The van der Waals surface area contributed by atoms with Crippen LogP contribution in [0.5, 0.6) is 0 Å². The summed E-state index contributed by atoms with van der Waals surface area (Å²) in [5.74, 6) is 0.567. The molecule has 1 amide bonds. The van der Waals surface area contributed by atoms with Gasteiger partial charge in [-0.1, -0.05) is 24.3 Å². The summed E-state index contributed by atoms with van der Waals surface area (Å²) >= 11 is 0. The third kappa shape index (κ3) is 5.12. The van der Waals surface area contributed by atoms with E-state index in [1.54, 1.807) is 12.3 Å². The Morgan fingerprint density at radius 3 is 2.88 bits per heavy atom. The Morgan fingerprint density at radius 2 is 2.08 bits per heavy atom. The number of pyridine rings is 1. The molecule has 2 aromatic rings. The van der Waals surface area contributed by atoms with Gasteiger partial charge < -0.3 is 4.90 Å². The van der Waals surface area contributed by atoms with E-state index in [1.807, 2.05) is 35.4 Å². The van der Waals surface area contributed by atoms with E-state index in [0.717, 1.165) is 56.3 Å². The summed E-state index contributed by atoms with van der Waals surface area (Å²) in [7, 11) is 0. The highest BCUT2D eigenvalue weighted by atomic mass is 19.1. The molecule has 1 saturated heterocycles. The lowest BCUT2D eigenvalue weighted by Crippen LogP contribution is -2.40. The van der Waals surface area contributed by atoms with Gasteiger partial charge in [0.2, 0.25) is 5.91 Å². The minimum absolute atomic E-state index is 0.122. The standard InChI is InChI=1S/C21H25FN2O/c22-20-8-2-1-7-19(20)11-9-18-6-4-14-24(16-18)21(25)12-10-17-5-3-13-23-15-17/h1-3,5,7-8,13,15,18H,4,6,9-12,14,16H2/t18-/m1/s1. The van der Waals surface area contributed by atoms with E-state index < -0.39 is 0 Å². The van der Waals surface area contributed by atoms with E-state index in [0.29, 0.717) is 12.3 Å². The first kappa shape index (κ1) is 17.6. The van der Waals surface area contributed by atoms with Crippen molar-refractivity contribution in [3.8, 4) is 0 Å². The van der Waals surface area contributed by atoms with Crippen LogP contribution >= 0.6 is 0 Å². The Bertz CT molecular complexity index is 689. The largest absolute Gasteiger partial charge is 0.342 e. The van der Waals surface area contributed by atoms with Gasteiger partial charge in [0.1, 0.15) is 5.82 Å². The second kappa shape index (κ2) is 8.75. The summed E-state index contributed by atoms with van der Waals surface area (Å²) in [6, 6.07) is 10.9. The Balaban J connectivity index is 1.47. The van der Waals surface area contributed by atoms with Crippen molar-refractivity contribution in [1.29, 1.82) is 0 Å². The zero-order valence-corrected chi connectivity index (χ0v) is 14.5. The van der Waals surface area contributed by atoms with Gasteiger partial charge in [-0.25, -0.2) is 4.39 Å². The lowest BCUT2D eigenvalue weighted by molar-refractivity contribution is -0.133. The molecular weight excluding hydrogens is 315 g/mol. The molecule has 1 aliphatic heterocycles. The highest BCUT2D eigenvalue weighted by Crippen LogP contribution is 2.23. The van der Waals surface area contributed by atoms with Crippen LogP contribution in [0.4, 0.5) is 4.39 Å². The highest BCUT2D eigenvalue weighted by molar-refractivity contribution is 5.76. The van der Waals surface area contributed by atoms with Gasteiger partial charge in [-0.3, -0.25) is 9.78 Å². The number of amides is 1. The van der Waals surface area contributed by atoms with Gasteiger partial charge in [-0.05, 0) is 61.3 Å². The molecule has 1 aliphatic rings. The number of hydrogen-bond donors (Lipinski definition) is 0. The van der Waals surface area contributed by atoms with Gasteiger partial charge >= 0.3 is 0 Å². The van der Waals surface area contributed by atoms with E-state index >= 15 is 0 Å². The predicted molar refractivity (Wildman–Crippen MR) is 96.6 cm³/mol. The maximum atomic E-state index is 13.7. The van der Waals surface area contributed by atoms with Crippen molar-refractivity contribution < 1.29 is 9.18 Å². The number of carbonyl (C=O) groups is 1. The van der Waals surface area contributed by atoms with E-state index in [2.05, 4.69) is 4.98 Å². The molecule has 3 rings (SSSR count). The first-order valence-corrected chi connectivity index (χ1v) is 9.12. The van der Waals surface area contributed by atoms with Crippen molar-refractivity contribution in [3.63, 3.8) is 0 Å². The van der Waals surface area contributed by atoms with Gasteiger partial charge in [0, 0.05) is 31.9 Å². The fraction of sp³-hybridized carbons (Fsp3) is 0.429. The first-order valence-electron chi connectivity index (χ1n) is 9.12. The summed E-state index contributed by atoms with van der Waals surface area (Å²) in [5, 5.41) is 0. The number of nitrogens with zero attached hydrogens (tertiary/aromatic N) is 2. The third-order valence-electron chi connectivity index (χ3n) is 5.00. The average molecular weight is 340 g/mol. The van der Waals surface area contributed by atoms with Crippen LogP contribution in [-0.4, -0.2) is 28.9 Å². The monoisotopic (exact) mass is 340 g/mol. The number of carbonyl (C=O) groups excluding carboxylic acids is 1. The van der Waals surface area contributed by atoms with Crippen LogP contribution in [0.2, 0.25) is 0 Å². The van der Waals surface area contributed by atoms with Crippen LogP contribution < -0.4 is 0 Å². The SMILES string of the molecule is O=C(CCc1cccnc1)N1CCC[C@H](CCc2ccccc2F)C1. The van der Waals surface area contributed by atoms with Crippen molar-refractivity contribution in [1.82, 2.24) is 9.88 Å². The lowest BCUT2D eigenvalue weighted by atomic mass is 9.91. The molecule has 0 N–H and O–H groups in total. The van der Waals surface area contributed by atoms with Crippen molar-refractivity contribution in [2.45, 2.75) is 38.5 Å². The highest BCUT2D eigenvalue weighted by Gasteiger charge is 2.23.